The third-order valence-electron chi connectivity index (χ3n) is 3.35. The van der Waals surface area contributed by atoms with Crippen LogP contribution in [0.1, 0.15) is 25.8 Å². The zero-order valence-corrected chi connectivity index (χ0v) is 11.6. The fraction of sp³-hybridized carbons (Fsp3) is 0.533. The van der Waals surface area contributed by atoms with Gasteiger partial charge in [0.1, 0.15) is 0 Å². The molecule has 0 spiro atoms. The van der Waals surface area contributed by atoms with E-state index >= 15 is 0 Å². The van der Waals surface area contributed by atoms with Gasteiger partial charge >= 0.3 is 0 Å². The number of aryl methyl sites for hydroxylation is 1. The van der Waals surface area contributed by atoms with E-state index in [4.69, 9.17) is 4.74 Å². The molecular formula is C15H22N2O2. The van der Waals surface area contributed by atoms with Crippen molar-refractivity contribution >= 4 is 11.6 Å². The Morgan fingerprint density at radius 1 is 1.47 bits per heavy atom. The van der Waals surface area contributed by atoms with Crippen molar-refractivity contribution in [3.05, 3.63) is 29.8 Å². The van der Waals surface area contributed by atoms with E-state index in [1.165, 1.54) is 5.56 Å². The summed E-state index contributed by atoms with van der Waals surface area (Å²) in [5.74, 6) is 0.0494. The molecule has 1 heterocycles. The Bertz CT molecular complexity index is 434. The number of amides is 1. The molecule has 0 aromatic heterocycles. The summed E-state index contributed by atoms with van der Waals surface area (Å²) in [6, 6.07) is 8.02. The minimum atomic E-state index is -0.150. The van der Waals surface area contributed by atoms with Crippen molar-refractivity contribution in [3.63, 3.8) is 0 Å². The Kier molecular flexibility index (Phi) is 4.93. The predicted molar refractivity (Wildman–Crippen MR) is 76.3 cm³/mol. The molecule has 1 aromatic carbocycles. The van der Waals surface area contributed by atoms with Crippen molar-refractivity contribution in [2.45, 2.75) is 38.8 Å². The normalized spacial score (nSPS) is 20.3. The molecule has 0 bridgehead atoms. The fourth-order valence-electron chi connectivity index (χ4n) is 2.36. The molecule has 1 aromatic rings. The van der Waals surface area contributed by atoms with Gasteiger partial charge in [-0.2, -0.15) is 0 Å². The first kappa shape index (κ1) is 14.0. The highest BCUT2D eigenvalue weighted by Gasteiger charge is 2.24. The molecule has 0 saturated carbocycles. The lowest BCUT2D eigenvalue weighted by Crippen LogP contribution is -2.46. The number of carbonyl (C=O) groups is 1. The smallest absolute Gasteiger partial charge is 0.241 e. The van der Waals surface area contributed by atoms with Crippen molar-refractivity contribution in [1.82, 2.24) is 5.32 Å². The number of hydrogen-bond donors (Lipinski definition) is 2. The summed E-state index contributed by atoms with van der Waals surface area (Å²) < 4.78 is 5.37. The SMILES string of the molecule is CCOCC(C)NC1CCc2ccccc2NC1=O. The number of anilines is 1. The fourth-order valence-corrected chi connectivity index (χ4v) is 2.36. The molecule has 19 heavy (non-hydrogen) atoms. The summed E-state index contributed by atoms with van der Waals surface area (Å²) in [5, 5.41) is 6.33. The Morgan fingerprint density at radius 3 is 3.05 bits per heavy atom. The monoisotopic (exact) mass is 262 g/mol. The molecule has 2 unspecified atom stereocenters. The quantitative estimate of drug-likeness (QED) is 0.853. The average Bonchev–Trinajstić information content (AvgIpc) is 2.56. The molecule has 2 N–H and O–H groups in total. The van der Waals surface area contributed by atoms with E-state index in [2.05, 4.69) is 16.7 Å². The second-order valence-electron chi connectivity index (χ2n) is 4.96. The number of rotatable bonds is 5. The first-order valence-electron chi connectivity index (χ1n) is 6.93. The van der Waals surface area contributed by atoms with E-state index in [9.17, 15) is 4.79 Å². The van der Waals surface area contributed by atoms with E-state index in [0.29, 0.717) is 13.2 Å². The number of benzene rings is 1. The van der Waals surface area contributed by atoms with Gasteiger partial charge in [-0.1, -0.05) is 18.2 Å². The standard InChI is InChI=1S/C15H22N2O2/c1-3-19-10-11(2)16-14-9-8-12-6-4-5-7-13(12)17-15(14)18/h4-7,11,14,16H,3,8-10H2,1-2H3,(H,17,18). The number of carbonyl (C=O) groups excluding carboxylic acids is 1. The molecule has 1 amide bonds. The van der Waals surface area contributed by atoms with Crippen LogP contribution in [0.5, 0.6) is 0 Å². The second-order valence-corrected chi connectivity index (χ2v) is 4.96. The van der Waals surface area contributed by atoms with E-state index in [0.717, 1.165) is 18.5 Å². The molecule has 4 nitrogen and oxygen atoms in total. The summed E-state index contributed by atoms with van der Waals surface area (Å²) in [6.45, 7) is 5.35. The summed E-state index contributed by atoms with van der Waals surface area (Å²) in [6.07, 6.45) is 1.73. The molecule has 0 saturated heterocycles. The summed E-state index contributed by atoms with van der Waals surface area (Å²) in [7, 11) is 0. The molecule has 2 rings (SSSR count). The van der Waals surface area contributed by atoms with Gasteiger partial charge in [0.2, 0.25) is 5.91 Å². The van der Waals surface area contributed by atoms with Crippen LogP contribution in [-0.2, 0) is 16.0 Å². The van der Waals surface area contributed by atoms with Gasteiger partial charge in [0.15, 0.2) is 0 Å². The van der Waals surface area contributed by atoms with Crippen LogP contribution in [0.25, 0.3) is 0 Å². The van der Waals surface area contributed by atoms with Gasteiger partial charge in [0.05, 0.1) is 12.6 Å². The van der Waals surface area contributed by atoms with Gasteiger partial charge in [-0.25, -0.2) is 0 Å². The third-order valence-corrected chi connectivity index (χ3v) is 3.35. The van der Waals surface area contributed by atoms with Gasteiger partial charge in [-0.3, -0.25) is 4.79 Å². The minimum Gasteiger partial charge on any atom is -0.380 e. The maximum atomic E-state index is 12.2. The van der Waals surface area contributed by atoms with Gasteiger partial charge in [-0.15, -0.1) is 0 Å². The molecular weight excluding hydrogens is 240 g/mol. The number of ether oxygens (including phenoxy) is 1. The van der Waals surface area contributed by atoms with Crippen molar-refractivity contribution in [1.29, 1.82) is 0 Å². The average molecular weight is 262 g/mol. The number of fused-ring (bicyclic) bond motifs is 1. The molecule has 0 radical (unpaired) electrons. The van der Waals surface area contributed by atoms with Crippen molar-refractivity contribution in [3.8, 4) is 0 Å². The first-order valence-corrected chi connectivity index (χ1v) is 6.93. The zero-order valence-electron chi connectivity index (χ0n) is 11.6. The maximum absolute atomic E-state index is 12.2. The topological polar surface area (TPSA) is 50.4 Å². The Balaban J connectivity index is 1.96. The molecule has 0 aliphatic carbocycles. The maximum Gasteiger partial charge on any atom is 0.241 e. The van der Waals surface area contributed by atoms with Crippen LogP contribution in [0.15, 0.2) is 24.3 Å². The summed E-state index contributed by atoms with van der Waals surface area (Å²) in [5.41, 5.74) is 2.15. The Morgan fingerprint density at radius 2 is 2.26 bits per heavy atom. The highest BCUT2D eigenvalue weighted by Crippen LogP contribution is 2.21. The lowest BCUT2D eigenvalue weighted by atomic mass is 10.1. The number of nitrogens with one attached hydrogen (secondary N) is 2. The minimum absolute atomic E-state index is 0.0494. The van der Waals surface area contributed by atoms with Gasteiger partial charge < -0.3 is 15.4 Å². The van der Waals surface area contributed by atoms with Crippen LogP contribution < -0.4 is 10.6 Å². The molecule has 0 fully saturated rings. The molecule has 1 aliphatic heterocycles. The van der Waals surface area contributed by atoms with E-state index in [1.807, 2.05) is 32.0 Å². The van der Waals surface area contributed by atoms with E-state index in [1.54, 1.807) is 0 Å². The zero-order chi connectivity index (χ0) is 13.7. The van der Waals surface area contributed by atoms with Gasteiger partial charge in [0, 0.05) is 18.3 Å². The van der Waals surface area contributed by atoms with Gasteiger partial charge in [0.25, 0.3) is 0 Å². The highest BCUT2D eigenvalue weighted by molar-refractivity contribution is 5.96. The van der Waals surface area contributed by atoms with Crippen LogP contribution in [0.2, 0.25) is 0 Å². The van der Waals surface area contributed by atoms with Gasteiger partial charge in [-0.05, 0) is 38.3 Å². The summed E-state index contributed by atoms with van der Waals surface area (Å²) >= 11 is 0. The summed E-state index contributed by atoms with van der Waals surface area (Å²) in [4.78, 5) is 12.2. The molecule has 1 aliphatic rings. The molecule has 2 atom stereocenters. The molecule has 4 heteroatoms. The Hall–Kier alpha value is -1.39. The number of para-hydroxylation sites is 1. The Labute approximate surface area is 114 Å². The van der Waals surface area contributed by atoms with Crippen molar-refractivity contribution < 1.29 is 9.53 Å². The van der Waals surface area contributed by atoms with Crippen molar-refractivity contribution in [2.24, 2.45) is 0 Å². The van der Waals surface area contributed by atoms with Crippen LogP contribution >= 0.6 is 0 Å². The second kappa shape index (κ2) is 6.68. The van der Waals surface area contributed by atoms with Crippen LogP contribution in [0, 0.1) is 0 Å². The predicted octanol–water partition coefficient (Wildman–Crippen LogP) is 1.95. The van der Waals surface area contributed by atoms with Crippen LogP contribution in [0.3, 0.4) is 0 Å². The van der Waals surface area contributed by atoms with Crippen molar-refractivity contribution in [2.75, 3.05) is 18.5 Å². The first-order chi connectivity index (χ1) is 9.20. The third kappa shape index (κ3) is 3.78. The lowest BCUT2D eigenvalue weighted by Gasteiger charge is -2.20. The van der Waals surface area contributed by atoms with Crippen LogP contribution in [0.4, 0.5) is 5.69 Å². The number of hydrogen-bond acceptors (Lipinski definition) is 3. The highest BCUT2D eigenvalue weighted by atomic mass is 16.5. The van der Waals surface area contributed by atoms with E-state index in [-0.39, 0.29) is 18.0 Å². The molecule has 104 valence electrons. The largest absolute Gasteiger partial charge is 0.380 e. The van der Waals surface area contributed by atoms with Crippen LogP contribution in [-0.4, -0.2) is 31.2 Å². The van der Waals surface area contributed by atoms with E-state index < -0.39 is 0 Å². The lowest BCUT2D eigenvalue weighted by molar-refractivity contribution is -0.118.